The van der Waals surface area contributed by atoms with E-state index >= 15 is 0 Å². The number of hydrogen-bond acceptors (Lipinski definition) is 11. The van der Waals surface area contributed by atoms with E-state index < -0.39 is 63.1 Å². The fourth-order valence-corrected chi connectivity index (χ4v) is 7.24. The lowest BCUT2D eigenvalue weighted by Gasteiger charge is -2.41. The van der Waals surface area contributed by atoms with E-state index in [0.717, 1.165) is 122 Å². The van der Waals surface area contributed by atoms with E-state index in [-0.39, 0.29) is 13.0 Å². The first-order chi connectivity index (χ1) is 28.5. The van der Waals surface area contributed by atoms with Gasteiger partial charge in [0.05, 0.1) is 13.2 Å². The summed E-state index contributed by atoms with van der Waals surface area (Å²) in [7, 11) is -5.02. The fraction of sp³-hybridized carbons (Fsp3) is 0.717. The van der Waals surface area contributed by atoms with E-state index in [2.05, 4.69) is 86.8 Å². The molecule has 59 heavy (non-hydrogen) atoms. The highest BCUT2D eigenvalue weighted by Gasteiger charge is 2.51. The Labute approximate surface area is 355 Å². The molecule has 6 N–H and O–H groups in total. The van der Waals surface area contributed by atoms with E-state index in [0.29, 0.717) is 13.0 Å². The summed E-state index contributed by atoms with van der Waals surface area (Å²) in [5.41, 5.74) is 0. The Kier molecular flexibility index (Phi) is 33.8. The zero-order chi connectivity index (χ0) is 43.4. The Morgan fingerprint density at radius 3 is 1.54 bits per heavy atom. The molecule has 6 unspecified atom stereocenters. The minimum atomic E-state index is -5.02. The normalized spacial score (nSPS) is 23.2. The van der Waals surface area contributed by atoms with Gasteiger partial charge < -0.3 is 39.9 Å². The number of aliphatic hydroxyl groups excluding tert-OH is 5. The third-order valence-corrected chi connectivity index (χ3v) is 10.8. The zero-order valence-corrected chi connectivity index (χ0v) is 36.9. The van der Waals surface area contributed by atoms with Gasteiger partial charge in [-0.1, -0.05) is 138 Å². The predicted molar refractivity (Wildman–Crippen MR) is 235 cm³/mol. The van der Waals surface area contributed by atoms with Gasteiger partial charge in [0.2, 0.25) is 0 Å². The second-order valence-electron chi connectivity index (χ2n) is 15.2. The zero-order valence-electron chi connectivity index (χ0n) is 36.0. The van der Waals surface area contributed by atoms with E-state index in [1.165, 1.54) is 0 Å². The fourth-order valence-electron chi connectivity index (χ4n) is 6.27. The summed E-state index contributed by atoms with van der Waals surface area (Å²) >= 11 is 0. The van der Waals surface area contributed by atoms with Crippen LogP contribution in [-0.4, -0.2) is 98.9 Å². The molecule has 340 valence electrons. The van der Waals surface area contributed by atoms with Crippen molar-refractivity contribution in [3.05, 3.63) is 72.9 Å². The number of esters is 1. The van der Waals surface area contributed by atoms with Gasteiger partial charge in [-0.15, -0.1) is 0 Å². The highest BCUT2D eigenvalue weighted by atomic mass is 31.2. The van der Waals surface area contributed by atoms with Gasteiger partial charge >= 0.3 is 13.8 Å². The number of rotatable bonds is 36. The van der Waals surface area contributed by atoms with Crippen LogP contribution in [0.3, 0.4) is 0 Å². The summed E-state index contributed by atoms with van der Waals surface area (Å²) in [4.78, 5) is 23.0. The summed E-state index contributed by atoms with van der Waals surface area (Å²) < 4.78 is 34.1. The van der Waals surface area contributed by atoms with Gasteiger partial charge in [-0.3, -0.25) is 13.8 Å². The molecule has 0 saturated heterocycles. The maximum absolute atomic E-state index is 12.8. The molecular formula is C46H79O12P. The number of phosphoric acid groups is 1. The van der Waals surface area contributed by atoms with Gasteiger partial charge in [-0.25, -0.2) is 4.57 Å². The summed E-state index contributed by atoms with van der Waals surface area (Å²) in [6.07, 6.45) is 34.1. The molecule has 6 atom stereocenters. The van der Waals surface area contributed by atoms with Crippen LogP contribution in [0.1, 0.15) is 149 Å². The molecule has 1 aliphatic rings. The van der Waals surface area contributed by atoms with Crippen molar-refractivity contribution >= 4 is 13.8 Å². The monoisotopic (exact) mass is 855 g/mol. The third kappa shape index (κ3) is 28.9. The molecule has 12 nitrogen and oxygen atoms in total. The second-order valence-corrected chi connectivity index (χ2v) is 16.6. The van der Waals surface area contributed by atoms with Crippen molar-refractivity contribution in [1.29, 1.82) is 0 Å². The van der Waals surface area contributed by atoms with Gasteiger partial charge in [0.15, 0.2) is 0 Å². The number of phosphoric ester groups is 1. The Balaban J connectivity index is 2.38. The van der Waals surface area contributed by atoms with Gasteiger partial charge in [0.25, 0.3) is 0 Å². The van der Waals surface area contributed by atoms with Crippen LogP contribution in [-0.2, 0) is 27.9 Å². The van der Waals surface area contributed by atoms with Gasteiger partial charge in [-0.05, 0) is 77.0 Å². The van der Waals surface area contributed by atoms with E-state index in [9.17, 15) is 39.8 Å². The van der Waals surface area contributed by atoms with Gasteiger partial charge in [-0.2, -0.15) is 0 Å². The molecule has 0 amide bonds. The molecule has 0 heterocycles. The number of carbonyl (C=O) groups is 1. The van der Waals surface area contributed by atoms with Crippen LogP contribution in [0, 0.1) is 0 Å². The minimum absolute atomic E-state index is 0.0944. The molecule has 1 fully saturated rings. The molecule has 0 aromatic heterocycles. The van der Waals surface area contributed by atoms with Crippen molar-refractivity contribution in [3.63, 3.8) is 0 Å². The smallest absolute Gasteiger partial charge is 0.457 e. The molecule has 0 spiro atoms. The quantitative estimate of drug-likeness (QED) is 0.0152. The van der Waals surface area contributed by atoms with Crippen molar-refractivity contribution in [1.82, 2.24) is 0 Å². The van der Waals surface area contributed by atoms with E-state index in [4.69, 9.17) is 18.5 Å². The lowest BCUT2D eigenvalue weighted by atomic mass is 9.85. The molecular weight excluding hydrogens is 775 g/mol. The lowest BCUT2D eigenvalue weighted by Crippen LogP contribution is -2.64. The van der Waals surface area contributed by atoms with Crippen molar-refractivity contribution < 1.29 is 58.3 Å². The van der Waals surface area contributed by atoms with Crippen LogP contribution in [0.4, 0.5) is 0 Å². The predicted octanol–water partition coefficient (Wildman–Crippen LogP) is 8.80. The summed E-state index contributed by atoms with van der Waals surface area (Å²) in [5, 5.41) is 50.1. The largest absolute Gasteiger partial charge is 0.472 e. The lowest BCUT2D eigenvalue weighted by molar-refractivity contribution is -0.220. The Morgan fingerprint density at radius 1 is 0.559 bits per heavy atom. The Morgan fingerprint density at radius 2 is 1.00 bits per heavy atom. The van der Waals surface area contributed by atoms with Crippen molar-refractivity contribution in [3.8, 4) is 0 Å². The van der Waals surface area contributed by atoms with Crippen molar-refractivity contribution in [2.75, 3.05) is 19.8 Å². The molecule has 0 aromatic rings. The summed E-state index contributed by atoms with van der Waals surface area (Å²) in [6.45, 7) is 4.01. The van der Waals surface area contributed by atoms with Crippen molar-refractivity contribution in [2.45, 2.75) is 191 Å². The molecule has 1 aliphatic carbocycles. The van der Waals surface area contributed by atoms with E-state index in [1.807, 2.05) is 0 Å². The highest BCUT2D eigenvalue weighted by molar-refractivity contribution is 7.47. The third-order valence-electron chi connectivity index (χ3n) is 9.79. The first kappa shape index (κ1) is 54.8. The molecule has 0 bridgehead atoms. The van der Waals surface area contributed by atoms with E-state index in [1.54, 1.807) is 0 Å². The molecule has 1 saturated carbocycles. The number of hydrogen-bond donors (Lipinski definition) is 6. The molecule has 13 heteroatoms. The minimum Gasteiger partial charge on any atom is -0.457 e. The second kappa shape index (κ2) is 36.4. The van der Waals surface area contributed by atoms with Crippen LogP contribution in [0.2, 0.25) is 0 Å². The molecule has 1 rings (SSSR count). The highest BCUT2D eigenvalue weighted by Crippen LogP contribution is 2.47. The summed E-state index contributed by atoms with van der Waals surface area (Å²) in [6, 6.07) is 0. The first-order valence-electron chi connectivity index (χ1n) is 22.3. The van der Waals surface area contributed by atoms with Gasteiger partial charge in [0.1, 0.15) is 42.7 Å². The maximum atomic E-state index is 12.8. The van der Waals surface area contributed by atoms with Crippen LogP contribution in [0.15, 0.2) is 72.9 Å². The average Bonchev–Trinajstić information content (AvgIpc) is 3.22. The Bertz CT molecular complexity index is 1250. The standard InChI is InChI=1S/C46H79O12P/c1-3-5-7-9-11-13-15-16-17-18-19-20-21-22-23-24-25-26-28-30-32-34-36-55-37-39(57-40(47)35-33-31-29-27-14-12-10-8-6-4-2)38-56-59(53,54)58-46-44(51)42(49)41(48)43(50)45(46)52/h5,7-8,10-11,13,16-17,19-20,22-23,39,41-46,48-52H,3-4,6,9,12,14-15,18,21,24-38H2,1-2H3,(H,53,54)/b7-5-,10-8-,13-11-,17-16-,20-19-,23-22-. The number of allylic oxidation sites excluding steroid dienone is 12. The summed E-state index contributed by atoms with van der Waals surface area (Å²) in [5.74, 6) is -0.499. The van der Waals surface area contributed by atoms with Gasteiger partial charge in [0, 0.05) is 13.0 Å². The number of ether oxygens (including phenoxy) is 2. The topological polar surface area (TPSA) is 192 Å². The van der Waals surface area contributed by atoms with Crippen LogP contribution < -0.4 is 0 Å². The number of unbranched alkanes of at least 4 members (excludes halogenated alkanes) is 12. The van der Waals surface area contributed by atoms with Crippen LogP contribution in [0.25, 0.3) is 0 Å². The molecule has 0 radical (unpaired) electrons. The number of carbonyl (C=O) groups excluding carboxylic acids is 1. The number of aliphatic hydroxyl groups is 5. The Hall–Kier alpha value is -2.22. The SMILES string of the molecule is CC/C=C\C/C=C\C/C=C\C/C=C\C/C=C\CCCCCCCCOCC(COP(=O)(O)OC1C(O)C(O)C(O)C(O)C1O)OC(=O)CCCCCCC/C=C\CCC. The van der Waals surface area contributed by atoms with Crippen LogP contribution in [0.5, 0.6) is 0 Å². The average molecular weight is 855 g/mol. The van der Waals surface area contributed by atoms with Crippen LogP contribution >= 0.6 is 7.82 Å². The molecule has 0 aliphatic heterocycles. The maximum Gasteiger partial charge on any atom is 0.472 e. The molecule has 0 aromatic carbocycles. The first-order valence-corrected chi connectivity index (χ1v) is 23.8. The van der Waals surface area contributed by atoms with Crippen molar-refractivity contribution in [2.24, 2.45) is 0 Å².